The number of rotatable bonds is 4. The molecule has 18 heavy (non-hydrogen) atoms. The molecule has 1 aromatic rings. The Bertz CT molecular complexity index is 456. The zero-order valence-electron chi connectivity index (χ0n) is 11.1. The molecule has 1 fully saturated rings. The third kappa shape index (κ3) is 2.64. The molecule has 0 radical (unpaired) electrons. The number of anilines is 1. The van der Waals surface area contributed by atoms with Crippen LogP contribution in [0.25, 0.3) is 0 Å². The van der Waals surface area contributed by atoms with Crippen LogP contribution in [0.15, 0.2) is 18.2 Å². The Morgan fingerprint density at radius 1 is 1.39 bits per heavy atom. The molecule has 1 aromatic carbocycles. The number of nitriles is 1. The molecule has 0 heterocycles. The van der Waals surface area contributed by atoms with Gasteiger partial charge in [0.2, 0.25) is 0 Å². The fourth-order valence-electron chi connectivity index (χ4n) is 2.72. The van der Waals surface area contributed by atoms with Gasteiger partial charge in [-0.25, -0.2) is 0 Å². The van der Waals surface area contributed by atoms with Gasteiger partial charge in [-0.3, -0.25) is 0 Å². The molecule has 3 heteroatoms. The summed E-state index contributed by atoms with van der Waals surface area (Å²) in [6.45, 7) is 3.03. The van der Waals surface area contributed by atoms with Gasteiger partial charge in [0, 0.05) is 11.3 Å². The van der Waals surface area contributed by atoms with Gasteiger partial charge >= 0.3 is 0 Å². The third-order valence-electron chi connectivity index (χ3n) is 3.93. The van der Waals surface area contributed by atoms with Crippen molar-refractivity contribution in [2.45, 2.75) is 37.4 Å². The number of benzene rings is 1. The van der Waals surface area contributed by atoms with E-state index in [1.165, 1.54) is 25.7 Å². The summed E-state index contributed by atoms with van der Waals surface area (Å²) in [5.41, 5.74) is 2.92. The number of nitrogens with zero attached hydrogens (tertiary/aromatic N) is 1. The lowest BCUT2D eigenvalue weighted by atomic mass is 10.1. The Kier molecular flexibility index (Phi) is 4.19. The van der Waals surface area contributed by atoms with Gasteiger partial charge in [0.1, 0.15) is 6.07 Å². The van der Waals surface area contributed by atoms with E-state index in [1.54, 1.807) is 0 Å². The maximum atomic E-state index is 9.16. The Morgan fingerprint density at radius 2 is 2.11 bits per heavy atom. The van der Waals surface area contributed by atoms with Crippen molar-refractivity contribution in [2.24, 2.45) is 0 Å². The molecule has 96 valence electrons. The van der Waals surface area contributed by atoms with Crippen LogP contribution < -0.4 is 5.32 Å². The summed E-state index contributed by atoms with van der Waals surface area (Å²) in [4.78, 5) is 0. The van der Waals surface area contributed by atoms with Crippen LogP contribution in [0.3, 0.4) is 0 Å². The normalized spacial score (nSPS) is 17.4. The number of aryl methyl sites for hydroxylation is 1. The van der Waals surface area contributed by atoms with Gasteiger partial charge in [-0.1, -0.05) is 25.0 Å². The molecule has 0 aliphatic heterocycles. The standard InChI is InChI=1S/C15H20N2S/c1-12-6-5-7-13(10-16)14(12)17-11-15(18-2)8-3-4-9-15/h5-7,17H,3-4,8-9,11H2,1-2H3. The van der Waals surface area contributed by atoms with Gasteiger partial charge < -0.3 is 5.32 Å². The summed E-state index contributed by atoms with van der Waals surface area (Å²) < 4.78 is 0.370. The number of thioether (sulfide) groups is 1. The first-order chi connectivity index (χ1) is 8.71. The lowest BCUT2D eigenvalue weighted by Crippen LogP contribution is -2.30. The Morgan fingerprint density at radius 3 is 2.72 bits per heavy atom. The molecule has 1 aliphatic rings. The first-order valence-electron chi connectivity index (χ1n) is 6.49. The van der Waals surface area contributed by atoms with Crippen LogP contribution >= 0.6 is 11.8 Å². The van der Waals surface area contributed by atoms with E-state index >= 15 is 0 Å². The first kappa shape index (κ1) is 13.3. The maximum Gasteiger partial charge on any atom is 0.101 e. The van der Waals surface area contributed by atoms with Crippen LogP contribution in [0.4, 0.5) is 5.69 Å². The molecule has 0 amide bonds. The molecule has 2 rings (SSSR count). The van der Waals surface area contributed by atoms with E-state index in [0.717, 1.165) is 23.4 Å². The van der Waals surface area contributed by atoms with Gasteiger partial charge in [-0.2, -0.15) is 17.0 Å². The minimum absolute atomic E-state index is 0.370. The van der Waals surface area contributed by atoms with Gasteiger partial charge in [0.05, 0.1) is 11.3 Å². The summed E-state index contributed by atoms with van der Waals surface area (Å²) in [5, 5.41) is 12.7. The van der Waals surface area contributed by atoms with Gasteiger partial charge in [0.15, 0.2) is 0 Å². The highest BCUT2D eigenvalue weighted by Gasteiger charge is 2.32. The molecular weight excluding hydrogens is 240 g/mol. The van der Waals surface area contributed by atoms with Gasteiger partial charge in [-0.15, -0.1) is 0 Å². The second-order valence-electron chi connectivity index (χ2n) is 5.06. The van der Waals surface area contributed by atoms with Gasteiger partial charge in [-0.05, 0) is 37.7 Å². The smallest absolute Gasteiger partial charge is 0.101 e. The molecular formula is C15H20N2S. The van der Waals surface area contributed by atoms with Crippen LogP contribution in [0.5, 0.6) is 0 Å². The summed E-state index contributed by atoms with van der Waals surface area (Å²) in [7, 11) is 0. The summed E-state index contributed by atoms with van der Waals surface area (Å²) in [6, 6.07) is 8.16. The van der Waals surface area contributed by atoms with Crippen LogP contribution in [-0.2, 0) is 0 Å². The topological polar surface area (TPSA) is 35.8 Å². The third-order valence-corrected chi connectivity index (χ3v) is 5.35. The van der Waals surface area contributed by atoms with Crippen molar-refractivity contribution in [3.05, 3.63) is 29.3 Å². The number of hydrogen-bond donors (Lipinski definition) is 1. The van der Waals surface area contributed by atoms with Crippen molar-refractivity contribution in [1.82, 2.24) is 0 Å². The summed E-state index contributed by atoms with van der Waals surface area (Å²) in [6.07, 6.45) is 7.45. The molecule has 0 bridgehead atoms. The van der Waals surface area contributed by atoms with Crippen molar-refractivity contribution in [2.75, 3.05) is 18.1 Å². The van der Waals surface area contributed by atoms with Crippen molar-refractivity contribution < 1.29 is 0 Å². The van der Waals surface area contributed by atoms with Crippen molar-refractivity contribution in [1.29, 1.82) is 5.26 Å². The van der Waals surface area contributed by atoms with Crippen molar-refractivity contribution in [3.8, 4) is 6.07 Å². The summed E-state index contributed by atoms with van der Waals surface area (Å²) >= 11 is 1.97. The molecule has 1 aliphatic carbocycles. The lowest BCUT2D eigenvalue weighted by Gasteiger charge is -2.28. The van der Waals surface area contributed by atoms with E-state index in [9.17, 15) is 0 Å². The Labute approximate surface area is 114 Å². The molecule has 2 nitrogen and oxygen atoms in total. The van der Waals surface area contributed by atoms with Crippen LogP contribution in [0.2, 0.25) is 0 Å². The molecule has 0 saturated heterocycles. The SMILES string of the molecule is CSC1(CNc2c(C)cccc2C#N)CCCC1. The van der Waals surface area contributed by atoms with E-state index in [0.29, 0.717) is 4.75 Å². The van der Waals surface area contributed by atoms with Crippen molar-refractivity contribution in [3.63, 3.8) is 0 Å². The predicted molar refractivity (Wildman–Crippen MR) is 79.1 cm³/mol. The number of hydrogen-bond acceptors (Lipinski definition) is 3. The second-order valence-corrected chi connectivity index (χ2v) is 6.33. The molecule has 0 atom stereocenters. The fraction of sp³-hybridized carbons (Fsp3) is 0.533. The van der Waals surface area contributed by atoms with Crippen LogP contribution in [0.1, 0.15) is 36.8 Å². The highest BCUT2D eigenvalue weighted by atomic mass is 32.2. The summed E-state index contributed by atoms with van der Waals surface area (Å²) in [5.74, 6) is 0. The lowest BCUT2D eigenvalue weighted by molar-refractivity contribution is 0.639. The number of nitrogens with one attached hydrogen (secondary N) is 1. The average molecular weight is 260 g/mol. The highest BCUT2D eigenvalue weighted by Crippen LogP contribution is 2.40. The van der Waals surface area contributed by atoms with E-state index in [4.69, 9.17) is 5.26 Å². The van der Waals surface area contributed by atoms with Crippen LogP contribution in [0, 0.1) is 18.3 Å². The van der Waals surface area contributed by atoms with E-state index in [2.05, 4.69) is 30.6 Å². The highest BCUT2D eigenvalue weighted by molar-refractivity contribution is 8.00. The molecule has 1 saturated carbocycles. The minimum Gasteiger partial charge on any atom is -0.382 e. The van der Waals surface area contributed by atoms with E-state index in [1.807, 2.05) is 23.9 Å². The van der Waals surface area contributed by atoms with Gasteiger partial charge in [0.25, 0.3) is 0 Å². The first-order valence-corrected chi connectivity index (χ1v) is 7.72. The zero-order valence-corrected chi connectivity index (χ0v) is 11.9. The average Bonchev–Trinajstić information content (AvgIpc) is 2.86. The maximum absolute atomic E-state index is 9.16. The van der Waals surface area contributed by atoms with Crippen LogP contribution in [-0.4, -0.2) is 17.5 Å². The Balaban J connectivity index is 2.13. The second kappa shape index (κ2) is 5.67. The predicted octanol–water partition coefficient (Wildman–Crippen LogP) is 3.95. The van der Waals surface area contributed by atoms with E-state index in [-0.39, 0.29) is 0 Å². The van der Waals surface area contributed by atoms with Crippen molar-refractivity contribution >= 4 is 17.4 Å². The molecule has 1 N–H and O–H groups in total. The molecule has 0 unspecified atom stereocenters. The largest absolute Gasteiger partial charge is 0.382 e. The minimum atomic E-state index is 0.370. The van der Waals surface area contributed by atoms with E-state index < -0.39 is 0 Å². The Hall–Kier alpha value is -1.14. The monoisotopic (exact) mass is 260 g/mol. The molecule has 0 aromatic heterocycles. The number of para-hydroxylation sites is 1. The zero-order chi connectivity index (χ0) is 13.0. The quantitative estimate of drug-likeness (QED) is 0.890. The molecule has 0 spiro atoms. The fourth-order valence-corrected chi connectivity index (χ4v) is 3.63.